The third kappa shape index (κ3) is 2.15. The molecule has 1 aliphatic heterocycles. The molecule has 0 bridgehead atoms. The van der Waals surface area contributed by atoms with Crippen molar-refractivity contribution in [1.29, 1.82) is 5.26 Å². The largest absolute Gasteiger partial charge is 0.310 e. The molecule has 1 heterocycles. The molecule has 1 amide bonds. The molecule has 0 radical (unpaired) electrons. The lowest BCUT2D eigenvalue weighted by Crippen LogP contribution is -2.25. The van der Waals surface area contributed by atoms with E-state index in [4.69, 9.17) is 16.9 Å². The van der Waals surface area contributed by atoms with E-state index in [-0.39, 0.29) is 11.8 Å². The standard InChI is InChI=1S/C11H8ClIN2O/c12-8-1-2-10(9(13)4-8)15-6-7(5-14)3-11(15)16/h1-2,4,7H,3,6H2. The summed E-state index contributed by atoms with van der Waals surface area (Å²) in [6.45, 7) is 0.479. The SMILES string of the molecule is N#CC1CC(=O)N(c2ccc(Cl)cc2I)C1. The predicted molar refractivity (Wildman–Crippen MR) is 70.2 cm³/mol. The minimum Gasteiger partial charge on any atom is -0.310 e. The molecular weight excluding hydrogens is 338 g/mol. The Hall–Kier alpha value is -0.800. The Balaban J connectivity index is 2.32. The summed E-state index contributed by atoms with van der Waals surface area (Å²) in [7, 11) is 0. The van der Waals surface area contributed by atoms with E-state index in [9.17, 15) is 4.79 Å². The molecule has 1 unspecified atom stereocenters. The highest BCUT2D eigenvalue weighted by Gasteiger charge is 2.31. The Morgan fingerprint density at radius 3 is 2.88 bits per heavy atom. The number of halogens is 2. The number of carbonyl (C=O) groups is 1. The molecule has 2 rings (SSSR count). The highest BCUT2D eigenvalue weighted by molar-refractivity contribution is 14.1. The molecule has 16 heavy (non-hydrogen) atoms. The topological polar surface area (TPSA) is 44.1 Å². The smallest absolute Gasteiger partial charge is 0.228 e. The molecule has 1 aromatic rings. The van der Waals surface area contributed by atoms with E-state index >= 15 is 0 Å². The third-order valence-electron chi connectivity index (χ3n) is 2.51. The molecule has 0 saturated carbocycles. The van der Waals surface area contributed by atoms with Crippen LogP contribution in [0.3, 0.4) is 0 Å². The van der Waals surface area contributed by atoms with E-state index in [0.717, 1.165) is 9.26 Å². The summed E-state index contributed by atoms with van der Waals surface area (Å²) in [5.74, 6) is -0.189. The van der Waals surface area contributed by atoms with Gasteiger partial charge in [-0.3, -0.25) is 4.79 Å². The molecule has 0 N–H and O–H groups in total. The Labute approximate surface area is 112 Å². The number of rotatable bonds is 1. The molecule has 0 aliphatic carbocycles. The van der Waals surface area contributed by atoms with Crippen LogP contribution in [0.5, 0.6) is 0 Å². The maximum atomic E-state index is 11.7. The monoisotopic (exact) mass is 346 g/mol. The van der Waals surface area contributed by atoms with Crippen LogP contribution in [0.4, 0.5) is 5.69 Å². The van der Waals surface area contributed by atoms with Crippen molar-refractivity contribution in [2.75, 3.05) is 11.4 Å². The van der Waals surface area contributed by atoms with E-state index in [0.29, 0.717) is 18.0 Å². The second kappa shape index (κ2) is 4.60. The fraction of sp³-hybridized carbons (Fsp3) is 0.273. The van der Waals surface area contributed by atoms with Gasteiger partial charge < -0.3 is 4.90 Å². The molecule has 1 fully saturated rings. The Morgan fingerprint density at radius 1 is 1.56 bits per heavy atom. The molecule has 3 nitrogen and oxygen atoms in total. The van der Waals surface area contributed by atoms with Gasteiger partial charge in [0.15, 0.2) is 0 Å². The molecule has 0 aromatic heterocycles. The zero-order valence-electron chi connectivity index (χ0n) is 8.28. The maximum Gasteiger partial charge on any atom is 0.228 e. The van der Waals surface area contributed by atoms with Crippen LogP contribution in [0.15, 0.2) is 18.2 Å². The first kappa shape index (κ1) is 11.7. The molecule has 5 heteroatoms. The van der Waals surface area contributed by atoms with Crippen LogP contribution < -0.4 is 4.90 Å². The molecule has 0 spiro atoms. The molecule has 1 saturated heterocycles. The van der Waals surface area contributed by atoms with Gasteiger partial charge in [0.05, 0.1) is 17.7 Å². The van der Waals surface area contributed by atoms with Crippen molar-refractivity contribution in [2.45, 2.75) is 6.42 Å². The molecular formula is C11H8ClIN2O. The van der Waals surface area contributed by atoms with Crippen LogP contribution >= 0.6 is 34.2 Å². The lowest BCUT2D eigenvalue weighted by atomic mass is 10.1. The quantitative estimate of drug-likeness (QED) is 0.734. The van der Waals surface area contributed by atoms with Crippen LogP contribution in [-0.4, -0.2) is 12.5 Å². The second-order valence-electron chi connectivity index (χ2n) is 3.63. The lowest BCUT2D eigenvalue weighted by Gasteiger charge is -2.17. The second-order valence-corrected chi connectivity index (χ2v) is 5.23. The minimum atomic E-state index is -0.195. The van der Waals surface area contributed by atoms with Crippen molar-refractivity contribution in [3.05, 3.63) is 26.8 Å². The van der Waals surface area contributed by atoms with E-state index in [2.05, 4.69) is 28.7 Å². The van der Waals surface area contributed by atoms with Gasteiger partial charge in [0.1, 0.15) is 0 Å². The fourth-order valence-electron chi connectivity index (χ4n) is 1.73. The van der Waals surface area contributed by atoms with Crippen molar-refractivity contribution >= 4 is 45.8 Å². The Morgan fingerprint density at radius 2 is 2.31 bits per heavy atom. The Kier molecular flexibility index (Phi) is 3.36. The first-order valence-electron chi connectivity index (χ1n) is 4.77. The minimum absolute atomic E-state index is 0.00629. The molecule has 82 valence electrons. The number of carbonyl (C=O) groups excluding carboxylic acids is 1. The van der Waals surface area contributed by atoms with Gasteiger partial charge in [0.2, 0.25) is 5.91 Å². The number of nitrogens with zero attached hydrogens (tertiary/aromatic N) is 2. The average Bonchev–Trinajstić information content (AvgIpc) is 2.60. The molecule has 1 aliphatic rings. The maximum absolute atomic E-state index is 11.7. The summed E-state index contributed by atoms with van der Waals surface area (Å²) in [4.78, 5) is 13.4. The van der Waals surface area contributed by atoms with Crippen LogP contribution in [0, 0.1) is 20.8 Å². The number of anilines is 1. The number of hydrogen-bond donors (Lipinski definition) is 0. The van der Waals surface area contributed by atoms with Crippen molar-refractivity contribution in [2.24, 2.45) is 5.92 Å². The molecule has 1 aromatic carbocycles. The predicted octanol–water partition coefficient (Wildman–Crippen LogP) is 2.82. The van der Waals surface area contributed by atoms with E-state index in [1.165, 1.54) is 0 Å². The van der Waals surface area contributed by atoms with Gasteiger partial charge in [0.25, 0.3) is 0 Å². The van der Waals surface area contributed by atoms with Gasteiger partial charge in [-0.05, 0) is 40.8 Å². The number of amides is 1. The molecule has 1 atom stereocenters. The summed E-state index contributed by atoms with van der Waals surface area (Å²) < 4.78 is 0.928. The van der Waals surface area contributed by atoms with E-state index < -0.39 is 0 Å². The van der Waals surface area contributed by atoms with Crippen molar-refractivity contribution in [3.63, 3.8) is 0 Å². The van der Waals surface area contributed by atoms with Crippen molar-refractivity contribution < 1.29 is 4.79 Å². The van der Waals surface area contributed by atoms with Crippen LogP contribution in [0.25, 0.3) is 0 Å². The highest BCUT2D eigenvalue weighted by Crippen LogP contribution is 2.30. The van der Waals surface area contributed by atoms with Gasteiger partial charge in [-0.25, -0.2) is 0 Å². The first-order chi connectivity index (χ1) is 7.61. The van der Waals surface area contributed by atoms with Gasteiger partial charge in [-0.2, -0.15) is 5.26 Å². The van der Waals surface area contributed by atoms with Gasteiger partial charge in [-0.1, -0.05) is 11.6 Å². The fourth-order valence-corrected chi connectivity index (χ4v) is 2.89. The van der Waals surface area contributed by atoms with E-state index in [1.54, 1.807) is 11.0 Å². The summed E-state index contributed by atoms with van der Waals surface area (Å²) in [6, 6.07) is 7.52. The van der Waals surface area contributed by atoms with Crippen molar-refractivity contribution in [1.82, 2.24) is 0 Å². The van der Waals surface area contributed by atoms with Crippen LogP contribution in [0.2, 0.25) is 5.02 Å². The summed E-state index contributed by atoms with van der Waals surface area (Å²) in [5, 5.41) is 9.46. The van der Waals surface area contributed by atoms with Gasteiger partial charge in [0, 0.05) is 21.6 Å². The lowest BCUT2D eigenvalue weighted by molar-refractivity contribution is -0.117. The number of nitriles is 1. The number of benzene rings is 1. The van der Waals surface area contributed by atoms with Gasteiger partial charge in [-0.15, -0.1) is 0 Å². The third-order valence-corrected chi connectivity index (χ3v) is 3.61. The number of hydrogen-bond acceptors (Lipinski definition) is 2. The zero-order valence-corrected chi connectivity index (χ0v) is 11.2. The summed E-state index contributed by atoms with van der Waals surface area (Å²) >= 11 is 8.00. The van der Waals surface area contributed by atoms with Gasteiger partial charge >= 0.3 is 0 Å². The zero-order chi connectivity index (χ0) is 11.7. The Bertz CT molecular complexity index is 483. The average molecular weight is 347 g/mol. The van der Waals surface area contributed by atoms with Crippen molar-refractivity contribution in [3.8, 4) is 6.07 Å². The normalized spacial score (nSPS) is 19.9. The summed E-state index contributed by atoms with van der Waals surface area (Å²) in [6.07, 6.45) is 0.315. The van der Waals surface area contributed by atoms with E-state index in [1.807, 2.05) is 12.1 Å². The first-order valence-corrected chi connectivity index (χ1v) is 6.22. The highest BCUT2D eigenvalue weighted by atomic mass is 127. The van der Waals surface area contributed by atoms with Crippen LogP contribution in [-0.2, 0) is 4.79 Å². The summed E-state index contributed by atoms with van der Waals surface area (Å²) in [5.41, 5.74) is 0.841. The van der Waals surface area contributed by atoms with Crippen LogP contribution in [0.1, 0.15) is 6.42 Å².